The molecule has 1 N–H and O–H groups in total. The number of esters is 1. The van der Waals surface area contributed by atoms with Gasteiger partial charge in [0, 0.05) is 4.90 Å². The van der Waals surface area contributed by atoms with Crippen molar-refractivity contribution in [1.29, 1.82) is 0 Å². The number of ether oxygens (including phenoxy) is 1. The van der Waals surface area contributed by atoms with Gasteiger partial charge in [0.15, 0.2) is 0 Å². The molecule has 1 aromatic rings. The smallest absolute Gasteiger partial charge is 0.321 e. The summed E-state index contributed by atoms with van der Waals surface area (Å²) in [5.74, 6) is -0.756. The summed E-state index contributed by atoms with van der Waals surface area (Å²) in [5.41, 5.74) is 0.0420. The molecule has 21 heavy (non-hydrogen) atoms. The van der Waals surface area contributed by atoms with Crippen molar-refractivity contribution in [2.75, 3.05) is 12.8 Å². The summed E-state index contributed by atoms with van der Waals surface area (Å²) >= 11 is 1.59. The van der Waals surface area contributed by atoms with Crippen LogP contribution in [0.1, 0.15) is 26.3 Å². The average Bonchev–Trinajstić information content (AvgIpc) is 2.35. The summed E-state index contributed by atoms with van der Waals surface area (Å²) in [6.45, 7) is 4.83. The zero-order valence-electron chi connectivity index (χ0n) is 12.7. The van der Waals surface area contributed by atoms with Gasteiger partial charge in [-0.3, -0.25) is 4.79 Å². The quantitative estimate of drug-likeness (QED) is 0.639. The number of nitrogens with one attached hydrogen (secondary N) is 1. The Morgan fingerprint density at radius 1 is 1.24 bits per heavy atom. The molecular weight excluding hydrogens is 310 g/mol. The first-order valence-electron chi connectivity index (χ1n) is 6.43. The normalized spacial score (nSPS) is 12.2. The first-order valence-corrected chi connectivity index (χ1v) is 9.31. The molecule has 0 fully saturated rings. The van der Waals surface area contributed by atoms with Crippen molar-refractivity contribution in [3.05, 3.63) is 29.8 Å². The van der Waals surface area contributed by atoms with Crippen molar-refractivity contribution in [3.63, 3.8) is 0 Å². The molecule has 0 saturated carbocycles. The molecular formula is C14H21NO4S2. The number of carbonyl (C=O) groups excluding carboxylic acids is 1. The number of hydrogen-bond donors (Lipinski definition) is 1. The Morgan fingerprint density at radius 3 is 2.29 bits per heavy atom. The van der Waals surface area contributed by atoms with Crippen LogP contribution in [0.5, 0.6) is 0 Å². The van der Waals surface area contributed by atoms with E-state index in [0.29, 0.717) is 5.56 Å². The second kappa shape index (κ2) is 7.29. The van der Waals surface area contributed by atoms with Crippen LogP contribution in [0.2, 0.25) is 0 Å². The molecule has 7 heteroatoms. The van der Waals surface area contributed by atoms with Crippen molar-refractivity contribution in [1.82, 2.24) is 4.72 Å². The molecule has 0 aliphatic carbocycles. The summed E-state index contributed by atoms with van der Waals surface area (Å²) < 4.78 is 31.1. The molecule has 118 valence electrons. The van der Waals surface area contributed by atoms with Crippen LogP contribution < -0.4 is 4.72 Å². The predicted molar refractivity (Wildman–Crippen MR) is 84.7 cm³/mol. The fourth-order valence-corrected chi connectivity index (χ4v) is 3.02. The topological polar surface area (TPSA) is 72.5 Å². The van der Waals surface area contributed by atoms with E-state index in [1.807, 2.05) is 18.4 Å². The molecule has 0 heterocycles. The summed E-state index contributed by atoms with van der Waals surface area (Å²) in [6, 6.07) is 7.25. The maximum Gasteiger partial charge on any atom is 0.321 e. The Hall–Kier alpha value is -1.05. The second-order valence-electron chi connectivity index (χ2n) is 5.51. The Balaban J connectivity index is 2.55. The minimum Gasteiger partial charge on any atom is -0.459 e. The summed E-state index contributed by atoms with van der Waals surface area (Å²) in [6.07, 6.45) is 1.95. The highest BCUT2D eigenvalue weighted by atomic mass is 32.2. The Labute approximate surface area is 130 Å². The minimum atomic E-state index is -3.56. The molecule has 0 unspecified atom stereocenters. The summed E-state index contributed by atoms with van der Waals surface area (Å²) in [7, 11) is -3.56. The van der Waals surface area contributed by atoms with Crippen molar-refractivity contribution in [2.24, 2.45) is 0 Å². The van der Waals surface area contributed by atoms with Crippen LogP contribution in [0.25, 0.3) is 0 Å². The molecule has 5 nitrogen and oxygen atoms in total. The number of carbonyl (C=O) groups is 1. The van der Waals surface area contributed by atoms with Gasteiger partial charge in [-0.2, -0.15) is 0 Å². The lowest BCUT2D eigenvalue weighted by Gasteiger charge is -2.19. The fraction of sp³-hybridized carbons (Fsp3) is 0.500. The molecule has 0 aliphatic rings. The van der Waals surface area contributed by atoms with Crippen molar-refractivity contribution in [2.45, 2.75) is 37.0 Å². The van der Waals surface area contributed by atoms with Crippen molar-refractivity contribution >= 4 is 27.8 Å². The van der Waals surface area contributed by atoms with Crippen LogP contribution in [-0.4, -0.2) is 32.8 Å². The molecule has 1 aromatic carbocycles. The Bertz CT molecular complexity index is 574. The highest BCUT2D eigenvalue weighted by molar-refractivity contribution is 7.98. The van der Waals surface area contributed by atoms with Crippen LogP contribution in [-0.2, 0) is 25.3 Å². The lowest BCUT2D eigenvalue weighted by molar-refractivity contribution is -0.153. The predicted octanol–water partition coefficient (Wildman–Crippen LogP) is 2.17. The third-order valence-electron chi connectivity index (χ3n) is 2.37. The van der Waals surface area contributed by atoms with Gasteiger partial charge in [-0.15, -0.1) is 11.8 Å². The zero-order chi connectivity index (χ0) is 16.1. The first kappa shape index (κ1) is 18.0. The van der Waals surface area contributed by atoms with Gasteiger partial charge in [-0.25, -0.2) is 13.1 Å². The summed E-state index contributed by atoms with van der Waals surface area (Å²) in [4.78, 5) is 12.6. The maximum absolute atomic E-state index is 11.9. The fourth-order valence-electron chi connectivity index (χ4n) is 1.54. The van der Waals surface area contributed by atoms with E-state index < -0.39 is 21.6 Å². The van der Waals surface area contributed by atoms with Crippen LogP contribution in [0.15, 0.2) is 29.2 Å². The van der Waals surface area contributed by atoms with Crippen LogP contribution in [0.4, 0.5) is 0 Å². The molecule has 1 rings (SSSR count). The third kappa shape index (κ3) is 7.50. The molecule has 0 spiro atoms. The number of benzene rings is 1. The van der Waals surface area contributed by atoms with Crippen molar-refractivity contribution < 1.29 is 17.9 Å². The molecule has 0 atom stereocenters. The highest BCUT2D eigenvalue weighted by Gasteiger charge is 2.19. The molecule has 0 saturated heterocycles. The van der Waals surface area contributed by atoms with Gasteiger partial charge in [0.1, 0.15) is 12.1 Å². The molecule has 0 radical (unpaired) electrons. The third-order valence-corrected chi connectivity index (χ3v) is 4.41. The number of thioether (sulfide) groups is 1. The molecule has 0 aliphatic heterocycles. The second-order valence-corrected chi connectivity index (χ2v) is 8.20. The minimum absolute atomic E-state index is 0.162. The maximum atomic E-state index is 11.9. The molecule has 0 aromatic heterocycles. The zero-order valence-corrected chi connectivity index (χ0v) is 14.3. The number of sulfonamides is 1. The molecule has 0 bridgehead atoms. The SMILES string of the molecule is CSc1ccc(CS(=O)(=O)NCC(=O)OC(C)(C)C)cc1. The van der Waals surface area contributed by atoms with Gasteiger partial charge < -0.3 is 4.74 Å². The van der Waals surface area contributed by atoms with E-state index in [1.165, 1.54) is 0 Å². The molecule has 0 amide bonds. The first-order chi connectivity index (χ1) is 9.61. The van der Waals surface area contributed by atoms with E-state index in [-0.39, 0.29) is 12.3 Å². The summed E-state index contributed by atoms with van der Waals surface area (Å²) in [5, 5.41) is 0. The van der Waals surface area contributed by atoms with Gasteiger partial charge in [0.25, 0.3) is 0 Å². The van der Waals surface area contributed by atoms with E-state index in [4.69, 9.17) is 4.74 Å². The van der Waals surface area contributed by atoms with Crippen LogP contribution in [0.3, 0.4) is 0 Å². The van der Waals surface area contributed by atoms with Gasteiger partial charge in [0.05, 0.1) is 5.75 Å². The lowest BCUT2D eigenvalue weighted by atomic mass is 10.2. The van der Waals surface area contributed by atoms with E-state index in [2.05, 4.69) is 4.72 Å². The van der Waals surface area contributed by atoms with E-state index >= 15 is 0 Å². The highest BCUT2D eigenvalue weighted by Crippen LogP contribution is 2.16. The largest absolute Gasteiger partial charge is 0.459 e. The van der Waals surface area contributed by atoms with E-state index in [0.717, 1.165) is 4.90 Å². The van der Waals surface area contributed by atoms with E-state index in [9.17, 15) is 13.2 Å². The Morgan fingerprint density at radius 2 is 1.81 bits per heavy atom. The lowest BCUT2D eigenvalue weighted by Crippen LogP contribution is -2.35. The average molecular weight is 331 g/mol. The number of rotatable bonds is 6. The van der Waals surface area contributed by atoms with Crippen LogP contribution in [0, 0.1) is 0 Å². The number of hydrogen-bond acceptors (Lipinski definition) is 5. The van der Waals surface area contributed by atoms with Crippen molar-refractivity contribution in [3.8, 4) is 0 Å². The Kier molecular flexibility index (Phi) is 6.24. The van der Waals surface area contributed by atoms with Gasteiger partial charge >= 0.3 is 5.97 Å². The van der Waals surface area contributed by atoms with Gasteiger partial charge in [-0.1, -0.05) is 12.1 Å². The monoisotopic (exact) mass is 331 g/mol. The standard InChI is InChI=1S/C14H21NO4S2/c1-14(2,3)19-13(16)9-15-21(17,18)10-11-5-7-12(20-4)8-6-11/h5-8,15H,9-10H2,1-4H3. The van der Waals surface area contributed by atoms with E-state index in [1.54, 1.807) is 44.7 Å². The van der Waals surface area contributed by atoms with Crippen LogP contribution >= 0.6 is 11.8 Å². The van der Waals surface area contributed by atoms with Gasteiger partial charge in [0.2, 0.25) is 10.0 Å². The van der Waals surface area contributed by atoms with Gasteiger partial charge in [-0.05, 0) is 44.7 Å².